The molecule has 1 heterocycles. The second-order valence-corrected chi connectivity index (χ2v) is 7.68. The molecular formula is C24H29NO3. The SMILES string of the molecule is CCC(C)Oc1ccc2c(c1)C1C=CCC1C(c1ccc(OC)c(OC)c1)N2. The number of hydrogen-bond acceptors (Lipinski definition) is 4. The quantitative estimate of drug-likeness (QED) is 0.653. The van der Waals surface area contributed by atoms with Crippen molar-refractivity contribution in [2.75, 3.05) is 19.5 Å². The summed E-state index contributed by atoms with van der Waals surface area (Å²) in [5.41, 5.74) is 3.74. The molecule has 0 saturated carbocycles. The lowest BCUT2D eigenvalue weighted by Gasteiger charge is -2.38. The summed E-state index contributed by atoms with van der Waals surface area (Å²) in [5, 5.41) is 3.78. The monoisotopic (exact) mass is 379 g/mol. The molecule has 0 radical (unpaired) electrons. The highest BCUT2D eigenvalue weighted by atomic mass is 16.5. The van der Waals surface area contributed by atoms with Crippen LogP contribution in [0.4, 0.5) is 5.69 Å². The number of anilines is 1. The topological polar surface area (TPSA) is 39.7 Å². The zero-order chi connectivity index (χ0) is 19.7. The molecule has 0 amide bonds. The molecule has 28 heavy (non-hydrogen) atoms. The Labute approximate surface area is 167 Å². The first kappa shape index (κ1) is 18.7. The van der Waals surface area contributed by atoms with Crippen LogP contribution in [0.1, 0.15) is 49.8 Å². The Morgan fingerprint density at radius 2 is 1.89 bits per heavy atom. The molecule has 4 unspecified atom stereocenters. The molecule has 4 rings (SSSR count). The normalized spacial score (nSPS) is 23.4. The van der Waals surface area contributed by atoms with Gasteiger partial charge in [-0.3, -0.25) is 0 Å². The van der Waals surface area contributed by atoms with E-state index in [9.17, 15) is 0 Å². The Bertz CT molecular complexity index is 876. The van der Waals surface area contributed by atoms with E-state index in [0.29, 0.717) is 11.8 Å². The molecule has 0 saturated heterocycles. The van der Waals surface area contributed by atoms with Gasteiger partial charge in [-0.2, -0.15) is 0 Å². The van der Waals surface area contributed by atoms with Gasteiger partial charge in [-0.05, 0) is 67.1 Å². The number of nitrogens with one attached hydrogen (secondary N) is 1. The third kappa shape index (κ3) is 3.32. The number of ether oxygens (including phenoxy) is 3. The molecular weight excluding hydrogens is 350 g/mol. The second-order valence-electron chi connectivity index (χ2n) is 7.68. The zero-order valence-corrected chi connectivity index (χ0v) is 17.1. The molecule has 1 aliphatic heterocycles. The first-order valence-corrected chi connectivity index (χ1v) is 10.1. The highest BCUT2D eigenvalue weighted by molar-refractivity contribution is 5.62. The summed E-state index contributed by atoms with van der Waals surface area (Å²) in [6.45, 7) is 4.26. The summed E-state index contributed by atoms with van der Waals surface area (Å²) < 4.78 is 17.0. The number of fused-ring (bicyclic) bond motifs is 3. The van der Waals surface area contributed by atoms with E-state index < -0.39 is 0 Å². The van der Waals surface area contributed by atoms with Crippen LogP contribution in [0.3, 0.4) is 0 Å². The average Bonchev–Trinajstić information content (AvgIpc) is 3.23. The van der Waals surface area contributed by atoms with Crippen LogP contribution in [0.5, 0.6) is 17.2 Å². The lowest BCUT2D eigenvalue weighted by Crippen LogP contribution is -2.29. The standard InChI is InChI=1S/C24H29NO3/c1-5-15(2)28-17-10-11-21-20(14-17)18-7-6-8-19(18)24(25-21)16-9-12-22(26-3)23(13-16)27-4/h6-7,9-15,18-19,24-25H,5,8H2,1-4H3. The van der Waals surface area contributed by atoms with Gasteiger partial charge in [-0.15, -0.1) is 0 Å². The molecule has 4 heteroatoms. The van der Waals surface area contributed by atoms with Gasteiger partial charge in [0.05, 0.1) is 26.4 Å². The summed E-state index contributed by atoms with van der Waals surface area (Å²) in [6, 6.07) is 12.9. The smallest absolute Gasteiger partial charge is 0.161 e. The number of hydrogen-bond donors (Lipinski definition) is 1. The van der Waals surface area contributed by atoms with Crippen LogP contribution in [-0.4, -0.2) is 20.3 Å². The number of benzene rings is 2. The van der Waals surface area contributed by atoms with Gasteiger partial charge < -0.3 is 19.5 Å². The largest absolute Gasteiger partial charge is 0.493 e. The van der Waals surface area contributed by atoms with E-state index in [0.717, 1.165) is 30.1 Å². The molecule has 4 nitrogen and oxygen atoms in total. The van der Waals surface area contributed by atoms with Crippen LogP contribution >= 0.6 is 0 Å². The van der Waals surface area contributed by atoms with Gasteiger partial charge in [-0.1, -0.05) is 25.1 Å². The molecule has 2 aliphatic rings. The molecule has 0 spiro atoms. The summed E-state index contributed by atoms with van der Waals surface area (Å²) >= 11 is 0. The fraction of sp³-hybridized carbons (Fsp3) is 0.417. The second kappa shape index (κ2) is 7.78. The molecule has 1 aliphatic carbocycles. The summed E-state index contributed by atoms with van der Waals surface area (Å²) in [4.78, 5) is 0. The van der Waals surface area contributed by atoms with Crippen LogP contribution in [0.15, 0.2) is 48.6 Å². The van der Waals surface area contributed by atoms with E-state index in [-0.39, 0.29) is 12.1 Å². The van der Waals surface area contributed by atoms with Crippen molar-refractivity contribution in [1.29, 1.82) is 0 Å². The third-order valence-corrected chi connectivity index (χ3v) is 6.01. The van der Waals surface area contributed by atoms with Crippen molar-refractivity contribution in [3.05, 3.63) is 59.7 Å². The molecule has 148 valence electrons. The van der Waals surface area contributed by atoms with Gasteiger partial charge in [0.1, 0.15) is 5.75 Å². The van der Waals surface area contributed by atoms with Crippen molar-refractivity contribution in [2.24, 2.45) is 5.92 Å². The van der Waals surface area contributed by atoms with Crippen molar-refractivity contribution in [2.45, 2.75) is 44.8 Å². The minimum Gasteiger partial charge on any atom is -0.493 e. The Morgan fingerprint density at radius 3 is 2.64 bits per heavy atom. The molecule has 0 fully saturated rings. The Hall–Kier alpha value is -2.62. The minimum absolute atomic E-state index is 0.226. The van der Waals surface area contributed by atoms with Crippen LogP contribution in [0.25, 0.3) is 0 Å². The van der Waals surface area contributed by atoms with Gasteiger partial charge in [0.25, 0.3) is 0 Å². The lowest BCUT2D eigenvalue weighted by molar-refractivity contribution is 0.217. The first-order chi connectivity index (χ1) is 13.6. The molecule has 2 aromatic carbocycles. The van der Waals surface area contributed by atoms with Gasteiger partial charge in [0.2, 0.25) is 0 Å². The van der Waals surface area contributed by atoms with Crippen molar-refractivity contribution < 1.29 is 14.2 Å². The van der Waals surface area contributed by atoms with Crippen molar-refractivity contribution >= 4 is 5.69 Å². The Kier molecular flexibility index (Phi) is 5.21. The van der Waals surface area contributed by atoms with Crippen molar-refractivity contribution in [3.8, 4) is 17.2 Å². The lowest BCUT2D eigenvalue weighted by atomic mass is 9.77. The van der Waals surface area contributed by atoms with Crippen LogP contribution in [-0.2, 0) is 0 Å². The van der Waals surface area contributed by atoms with E-state index in [1.165, 1.54) is 16.8 Å². The van der Waals surface area contributed by atoms with E-state index in [2.05, 4.69) is 61.6 Å². The summed E-state index contributed by atoms with van der Waals surface area (Å²) in [6.07, 6.45) is 6.95. The molecule has 4 atom stereocenters. The summed E-state index contributed by atoms with van der Waals surface area (Å²) in [7, 11) is 3.35. The molecule has 2 aromatic rings. The van der Waals surface area contributed by atoms with E-state index >= 15 is 0 Å². The molecule has 0 aromatic heterocycles. The highest BCUT2D eigenvalue weighted by Crippen LogP contribution is 2.51. The number of rotatable bonds is 6. The maximum absolute atomic E-state index is 6.06. The maximum atomic E-state index is 6.06. The van der Waals surface area contributed by atoms with Gasteiger partial charge in [0, 0.05) is 11.6 Å². The Balaban J connectivity index is 1.67. The van der Waals surface area contributed by atoms with E-state index in [1.54, 1.807) is 14.2 Å². The number of allylic oxidation sites excluding steroid dienone is 2. The predicted molar refractivity (Wildman–Crippen MR) is 113 cm³/mol. The fourth-order valence-corrected chi connectivity index (χ4v) is 4.34. The Morgan fingerprint density at radius 1 is 1.07 bits per heavy atom. The minimum atomic E-state index is 0.226. The van der Waals surface area contributed by atoms with Crippen LogP contribution < -0.4 is 19.5 Å². The zero-order valence-electron chi connectivity index (χ0n) is 17.1. The first-order valence-electron chi connectivity index (χ1n) is 10.1. The van der Waals surface area contributed by atoms with Crippen molar-refractivity contribution in [1.82, 2.24) is 0 Å². The third-order valence-electron chi connectivity index (χ3n) is 6.01. The highest BCUT2D eigenvalue weighted by Gasteiger charge is 2.38. The van der Waals surface area contributed by atoms with E-state index in [4.69, 9.17) is 14.2 Å². The fourth-order valence-electron chi connectivity index (χ4n) is 4.34. The van der Waals surface area contributed by atoms with E-state index in [1.807, 2.05) is 6.07 Å². The molecule has 1 N–H and O–H groups in total. The number of methoxy groups -OCH3 is 2. The van der Waals surface area contributed by atoms with Crippen molar-refractivity contribution in [3.63, 3.8) is 0 Å². The average molecular weight is 380 g/mol. The van der Waals surface area contributed by atoms with Crippen LogP contribution in [0.2, 0.25) is 0 Å². The molecule has 0 bridgehead atoms. The van der Waals surface area contributed by atoms with Gasteiger partial charge in [0.15, 0.2) is 11.5 Å². The van der Waals surface area contributed by atoms with Gasteiger partial charge in [-0.25, -0.2) is 0 Å². The predicted octanol–water partition coefficient (Wildman–Crippen LogP) is 5.71. The maximum Gasteiger partial charge on any atom is 0.161 e. The van der Waals surface area contributed by atoms with Crippen LogP contribution in [0, 0.1) is 5.92 Å². The summed E-state index contributed by atoms with van der Waals surface area (Å²) in [5.74, 6) is 3.36. The van der Waals surface area contributed by atoms with Gasteiger partial charge >= 0.3 is 0 Å².